The third-order valence-corrected chi connectivity index (χ3v) is 6.89. The van der Waals surface area contributed by atoms with Crippen molar-refractivity contribution in [1.29, 1.82) is 0 Å². The van der Waals surface area contributed by atoms with E-state index in [1.54, 1.807) is 23.5 Å². The van der Waals surface area contributed by atoms with Crippen LogP contribution in [0.1, 0.15) is 29.6 Å². The molecule has 8 heteroatoms. The number of aromatic nitrogens is 2. The van der Waals surface area contributed by atoms with Gasteiger partial charge in [0.15, 0.2) is 0 Å². The first-order chi connectivity index (χ1) is 13.5. The molecule has 0 spiro atoms. The number of thiophene rings is 1. The minimum Gasteiger partial charge on any atom is -0.325 e. The van der Waals surface area contributed by atoms with Crippen LogP contribution in [0.15, 0.2) is 29.1 Å². The number of halogens is 1. The summed E-state index contributed by atoms with van der Waals surface area (Å²) in [5, 5.41) is 3.40. The molecule has 1 aliphatic carbocycles. The second kappa shape index (κ2) is 8.05. The van der Waals surface area contributed by atoms with Gasteiger partial charge in [-0.05, 0) is 48.9 Å². The quantitative estimate of drug-likeness (QED) is 0.655. The molecule has 0 saturated heterocycles. The minimum absolute atomic E-state index is 0.0862. The molecule has 146 valence electrons. The first-order valence-electron chi connectivity index (χ1n) is 9.16. The lowest BCUT2D eigenvalue weighted by Crippen LogP contribution is -2.16. The van der Waals surface area contributed by atoms with Crippen LogP contribution in [0.3, 0.4) is 0 Å². The van der Waals surface area contributed by atoms with E-state index in [4.69, 9.17) is 0 Å². The lowest BCUT2D eigenvalue weighted by molar-refractivity contribution is -0.113. The van der Waals surface area contributed by atoms with Crippen LogP contribution in [0.5, 0.6) is 0 Å². The summed E-state index contributed by atoms with van der Waals surface area (Å²) in [6.07, 6.45) is 3.06. The van der Waals surface area contributed by atoms with Gasteiger partial charge in [-0.15, -0.1) is 23.1 Å². The van der Waals surface area contributed by atoms with E-state index in [0.29, 0.717) is 23.2 Å². The Morgan fingerprint density at radius 2 is 2.32 bits per heavy atom. The molecule has 2 N–H and O–H groups in total. The summed E-state index contributed by atoms with van der Waals surface area (Å²) in [5.74, 6) is 1.23. The first kappa shape index (κ1) is 19.1. The Balaban J connectivity index is 1.41. The van der Waals surface area contributed by atoms with Crippen LogP contribution >= 0.6 is 23.1 Å². The number of amides is 1. The lowest BCUT2D eigenvalue weighted by Gasteiger charge is -2.17. The van der Waals surface area contributed by atoms with Gasteiger partial charge in [-0.1, -0.05) is 13.0 Å². The van der Waals surface area contributed by atoms with Crippen molar-refractivity contribution in [3.05, 3.63) is 56.7 Å². The Hall–Kier alpha value is -2.19. The molecule has 28 heavy (non-hydrogen) atoms. The Morgan fingerprint density at radius 3 is 3.14 bits per heavy atom. The molecule has 0 fully saturated rings. The molecule has 1 amide bonds. The maximum atomic E-state index is 13.2. The molecule has 1 aliphatic rings. The minimum atomic E-state index is -0.395. The molecule has 2 heterocycles. The number of hydrogen-bond donors (Lipinski definition) is 2. The molecule has 3 aromatic rings. The molecule has 1 atom stereocenters. The van der Waals surface area contributed by atoms with Crippen LogP contribution in [-0.4, -0.2) is 21.6 Å². The van der Waals surface area contributed by atoms with Gasteiger partial charge in [-0.25, -0.2) is 9.37 Å². The summed E-state index contributed by atoms with van der Waals surface area (Å²) in [6, 6.07) is 5.78. The highest BCUT2D eigenvalue weighted by Gasteiger charge is 2.23. The van der Waals surface area contributed by atoms with E-state index in [1.165, 1.54) is 34.3 Å². The summed E-state index contributed by atoms with van der Waals surface area (Å²) in [6.45, 7) is 2.24. The largest absolute Gasteiger partial charge is 0.325 e. The number of nitrogens with zero attached hydrogens (tertiary/aromatic N) is 1. The van der Waals surface area contributed by atoms with Crippen molar-refractivity contribution in [2.75, 3.05) is 11.1 Å². The smallest absolute Gasteiger partial charge is 0.259 e. The fraction of sp³-hybridized carbons (Fsp3) is 0.350. The van der Waals surface area contributed by atoms with Crippen molar-refractivity contribution in [2.45, 2.75) is 31.9 Å². The number of aryl methyl sites for hydroxylation is 1. The highest BCUT2D eigenvalue weighted by atomic mass is 32.2. The van der Waals surface area contributed by atoms with Crippen molar-refractivity contribution in [2.24, 2.45) is 5.92 Å². The monoisotopic (exact) mass is 417 g/mol. The summed E-state index contributed by atoms with van der Waals surface area (Å²) >= 11 is 2.98. The lowest BCUT2D eigenvalue weighted by atomic mass is 9.89. The molecule has 0 bridgehead atoms. The average molecular weight is 418 g/mol. The van der Waals surface area contributed by atoms with Gasteiger partial charge in [0.1, 0.15) is 16.5 Å². The first-order valence-corrected chi connectivity index (χ1v) is 11.1. The zero-order valence-corrected chi connectivity index (χ0v) is 17.0. The van der Waals surface area contributed by atoms with E-state index in [9.17, 15) is 14.0 Å². The maximum Gasteiger partial charge on any atom is 0.259 e. The van der Waals surface area contributed by atoms with Crippen LogP contribution in [0.25, 0.3) is 10.2 Å². The summed E-state index contributed by atoms with van der Waals surface area (Å²) in [7, 11) is 0. The number of nitrogens with one attached hydrogen (secondary N) is 2. The van der Waals surface area contributed by atoms with E-state index in [0.717, 1.165) is 29.5 Å². The highest BCUT2D eigenvalue weighted by Crippen LogP contribution is 2.35. The van der Waals surface area contributed by atoms with Gasteiger partial charge in [0, 0.05) is 10.6 Å². The molecule has 2 aromatic heterocycles. The highest BCUT2D eigenvalue weighted by molar-refractivity contribution is 7.99. The van der Waals surface area contributed by atoms with Crippen LogP contribution in [-0.2, 0) is 23.4 Å². The second-order valence-electron chi connectivity index (χ2n) is 7.10. The molecule has 1 aromatic carbocycles. The van der Waals surface area contributed by atoms with E-state index in [2.05, 4.69) is 22.2 Å². The molecule has 0 unspecified atom stereocenters. The van der Waals surface area contributed by atoms with Crippen molar-refractivity contribution < 1.29 is 9.18 Å². The number of aromatic amines is 1. The Bertz CT molecular complexity index is 1090. The molecule has 0 radical (unpaired) electrons. The zero-order valence-electron chi connectivity index (χ0n) is 15.4. The van der Waals surface area contributed by atoms with Gasteiger partial charge in [0.2, 0.25) is 5.91 Å². The number of hydrogen-bond acceptors (Lipinski definition) is 5. The van der Waals surface area contributed by atoms with Gasteiger partial charge in [0.05, 0.1) is 16.9 Å². The molecule has 0 saturated carbocycles. The topological polar surface area (TPSA) is 74.8 Å². The zero-order chi connectivity index (χ0) is 19.7. The molecular formula is C20H20FN3O2S2. The van der Waals surface area contributed by atoms with E-state index in [1.807, 2.05) is 0 Å². The van der Waals surface area contributed by atoms with Crippen LogP contribution in [0, 0.1) is 11.7 Å². The second-order valence-corrected chi connectivity index (χ2v) is 9.17. The fourth-order valence-corrected chi connectivity index (χ4v) is 5.56. The standard InChI is InChI=1S/C20H20FN3O2S2/c1-11-5-6-14-15(7-11)28-20-18(14)19(26)23-16(24-20)9-27-10-17(25)22-13-4-2-3-12(21)8-13/h2-4,8,11H,5-7,9-10H2,1H3,(H,22,25)(H,23,24,26)/t11-/m1/s1. The van der Waals surface area contributed by atoms with Crippen LogP contribution in [0.2, 0.25) is 0 Å². The number of anilines is 1. The third-order valence-electron chi connectivity index (χ3n) is 4.79. The molecule has 0 aliphatic heterocycles. The van der Waals surface area contributed by atoms with Crippen molar-refractivity contribution >= 4 is 44.9 Å². The van der Waals surface area contributed by atoms with Crippen molar-refractivity contribution in [3.8, 4) is 0 Å². The predicted octanol–water partition coefficient (Wildman–Crippen LogP) is 4.12. The van der Waals surface area contributed by atoms with Gasteiger partial charge >= 0.3 is 0 Å². The Morgan fingerprint density at radius 1 is 1.46 bits per heavy atom. The van der Waals surface area contributed by atoms with Gasteiger partial charge in [-0.2, -0.15) is 0 Å². The maximum absolute atomic E-state index is 13.2. The molecule has 4 rings (SSSR count). The van der Waals surface area contributed by atoms with Gasteiger partial charge < -0.3 is 10.3 Å². The number of carbonyl (C=O) groups excluding carboxylic acids is 1. The van der Waals surface area contributed by atoms with Gasteiger partial charge in [-0.3, -0.25) is 9.59 Å². The number of fused-ring (bicyclic) bond motifs is 3. The number of carbonyl (C=O) groups is 1. The normalized spacial score (nSPS) is 16.1. The SMILES string of the molecule is C[C@@H]1CCc2c(sc3nc(CSCC(=O)Nc4cccc(F)c4)[nH]c(=O)c23)C1. The summed E-state index contributed by atoms with van der Waals surface area (Å²) in [4.78, 5) is 34.1. The van der Waals surface area contributed by atoms with Crippen molar-refractivity contribution in [3.63, 3.8) is 0 Å². The van der Waals surface area contributed by atoms with Crippen LogP contribution < -0.4 is 10.9 Å². The Kier molecular flexibility index (Phi) is 5.50. The van der Waals surface area contributed by atoms with Crippen molar-refractivity contribution in [1.82, 2.24) is 9.97 Å². The van der Waals surface area contributed by atoms with E-state index >= 15 is 0 Å². The molecular weight excluding hydrogens is 397 g/mol. The summed E-state index contributed by atoms with van der Waals surface area (Å²) in [5.41, 5.74) is 1.51. The fourth-order valence-electron chi connectivity index (χ4n) is 3.47. The van der Waals surface area contributed by atoms with Gasteiger partial charge in [0.25, 0.3) is 5.56 Å². The van der Waals surface area contributed by atoms with E-state index in [-0.39, 0.29) is 17.2 Å². The molecule has 5 nitrogen and oxygen atoms in total. The predicted molar refractivity (Wildman–Crippen MR) is 113 cm³/mol. The summed E-state index contributed by atoms with van der Waals surface area (Å²) < 4.78 is 13.2. The average Bonchev–Trinajstić information content (AvgIpc) is 2.99. The third kappa shape index (κ3) is 4.12. The number of benzene rings is 1. The van der Waals surface area contributed by atoms with Crippen LogP contribution in [0.4, 0.5) is 10.1 Å². The van der Waals surface area contributed by atoms with E-state index < -0.39 is 5.82 Å². The number of H-pyrrole nitrogens is 1. The number of thioether (sulfide) groups is 1. The Labute approximate surface area is 169 Å². The number of rotatable bonds is 5.